The average molecular weight is 228 g/mol. The van der Waals surface area contributed by atoms with Crippen LogP contribution in [0.25, 0.3) is 16.6 Å². The van der Waals surface area contributed by atoms with Gasteiger partial charge in [0.1, 0.15) is 0 Å². The number of fused-ring (bicyclic) bond motifs is 1. The van der Waals surface area contributed by atoms with Gasteiger partial charge in [-0.2, -0.15) is 5.10 Å². The van der Waals surface area contributed by atoms with E-state index in [2.05, 4.69) is 15.2 Å². The lowest BCUT2D eigenvalue weighted by Crippen LogP contribution is -2.27. The predicted molar refractivity (Wildman–Crippen MR) is 62.3 cm³/mol. The van der Waals surface area contributed by atoms with Crippen molar-refractivity contribution in [1.29, 1.82) is 0 Å². The van der Waals surface area contributed by atoms with Crippen LogP contribution in [0.5, 0.6) is 0 Å². The van der Waals surface area contributed by atoms with E-state index in [1.54, 1.807) is 12.3 Å². The number of hydrogen-bond donors (Lipinski definition) is 2. The van der Waals surface area contributed by atoms with Gasteiger partial charge in [-0.1, -0.05) is 6.07 Å². The maximum absolute atomic E-state index is 11.7. The van der Waals surface area contributed by atoms with Gasteiger partial charge in [0.15, 0.2) is 0 Å². The summed E-state index contributed by atoms with van der Waals surface area (Å²) in [5.74, 6) is 0. The molecule has 3 aromatic rings. The van der Waals surface area contributed by atoms with Crippen LogP contribution >= 0.6 is 0 Å². The third-order valence-electron chi connectivity index (χ3n) is 2.55. The first-order chi connectivity index (χ1) is 8.25. The lowest BCUT2D eigenvalue weighted by Gasteiger charge is -2.04. The van der Waals surface area contributed by atoms with Crippen LogP contribution in [0, 0.1) is 0 Å². The third kappa shape index (κ3) is 1.46. The maximum Gasteiger partial charge on any atom is 0.332 e. The average Bonchev–Trinajstić information content (AvgIpc) is 2.77. The van der Waals surface area contributed by atoms with Crippen LogP contribution in [0.15, 0.2) is 46.2 Å². The van der Waals surface area contributed by atoms with Crippen molar-refractivity contribution in [2.24, 2.45) is 0 Å². The van der Waals surface area contributed by atoms with Crippen LogP contribution in [0.1, 0.15) is 0 Å². The fourth-order valence-corrected chi connectivity index (χ4v) is 1.77. The molecule has 0 saturated heterocycles. The maximum atomic E-state index is 11.7. The fourth-order valence-electron chi connectivity index (χ4n) is 1.77. The number of rotatable bonds is 1. The van der Waals surface area contributed by atoms with Crippen molar-refractivity contribution in [3.05, 3.63) is 57.5 Å². The van der Waals surface area contributed by atoms with Crippen LogP contribution in [-0.2, 0) is 0 Å². The van der Waals surface area contributed by atoms with Crippen molar-refractivity contribution in [2.75, 3.05) is 0 Å². The Bertz CT molecular complexity index is 797. The van der Waals surface area contributed by atoms with Crippen molar-refractivity contribution in [3.63, 3.8) is 0 Å². The predicted octanol–water partition coefficient (Wildman–Crippen LogP) is 0.402. The summed E-state index contributed by atoms with van der Waals surface area (Å²) >= 11 is 0. The Morgan fingerprint density at radius 3 is 2.88 bits per heavy atom. The summed E-state index contributed by atoms with van der Waals surface area (Å²) in [6, 6.07) is 6.77. The number of nitrogens with one attached hydrogen (secondary N) is 2. The minimum absolute atomic E-state index is 0.411. The molecule has 0 aliphatic carbocycles. The molecule has 0 saturated carbocycles. The topological polar surface area (TPSA) is 83.5 Å². The van der Waals surface area contributed by atoms with Crippen LogP contribution in [0.4, 0.5) is 0 Å². The molecule has 6 heteroatoms. The molecule has 0 fully saturated rings. The van der Waals surface area contributed by atoms with Gasteiger partial charge in [-0.3, -0.25) is 19.4 Å². The monoisotopic (exact) mass is 228 g/mol. The standard InChI is InChI=1S/C11H8N4O2/c16-10-4-5-15(11(17)13-10)9-3-1-2-8-7(9)6-12-14-8/h1-6H,(H,12,14)(H,13,16,17). The number of aromatic amines is 2. The smallest absolute Gasteiger partial charge is 0.278 e. The van der Waals surface area contributed by atoms with E-state index < -0.39 is 11.2 Å². The highest BCUT2D eigenvalue weighted by Gasteiger charge is 2.05. The highest BCUT2D eigenvalue weighted by molar-refractivity contribution is 5.86. The molecule has 0 amide bonds. The van der Waals surface area contributed by atoms with Gasteiger partial charge in [0.2, 0.25) is 0 Å². The molecule has 0 unspecified atom stereocenters. The highest BCUT2D eigenvalue weighted by atomic mass is 16.2. The molecule has 1 aromatic carbocycles. The summed E-state index contributed by atoms with van der Waals surface area (Å²) in [6.45, 7) is 0. The second-order valence-electron chi connectivity index (χ2n) is 3.59. The molecule has 0 radical (unpaired) electrons. The van der Waals surface area contributed by atoms with Crippen molar-refractivity contribution in [2.45, 2.75) is 0 Å². The Morgan fingerprint density at radius 1 is 1.18 bits per heavy atom. The molecule has 2 N–H and O–H groups in total. The summed E-state index contributed by atoms with van der Waals surface area (Å²) < 4.78 is 1.37. The number of nitrogens with zero attached hydrogens (tertiary/aromatic N) is 2. The van der Waals surface area contributed by atoms with Crippen LogP contribution in [0.3, 0.4) is 0 Å². The minimum atomic E-state index is -0.466. The summed E-state index contributed by atoms with van der Waals surface area (Å²) in [4.78, 5) is 24.9. The van der Waals surface area contributed by atoms with Crippen molar-refractivity contribution in [1.82, 2.24) is 19.7 Å². The second kappa shape index (κ2) is 3.44. The summed E-state index contributed by atoms with van der Waals surface area (Å²) in [6.07, 6.45) is 3.09. The third-order valence-corrected chi connectivity index (χ3v) is 2.55. The summed E-state index contributed by atoms with van der Waals surface area (Å²) in [5, 5.41) is 7.57. The second-order valence-corrected chi connectivity index (χ2v) is 3.59. The minimum Gasteiger partial charge on any atom is -0.278 e. The normalized spacial score (nSPS) is 10.8. The lowest BCUT2D eigenvalue weighted by molar-refractivity contribution is 0.902. The zero-order valence-corrected chi connectivity index (χ0v) is 8.68. The van der Waals surface area contributed by atoms with Crippen molar-refractivity contribution in [3.8, 4) is 5.69 Å². The van der Waals surface area contributed by atoms with Gasteiger partial charge in [0, 0.05) is 17.6 Å². The van der Waals surface area contributed by atoms with Gasteiger partial charge in [-0.25, -0.2) is 4.79 Å². The first-order valence-electron chi connectivity index (χ1n) is 5.00. The Balaban J connectivity index is 2.38. The molecule has 3 rings (SSSR count). The van der Waals surface area contributed by atoms with Gasteiger partial charge in [-0.05, 0) is 12.1 Å². The lowest BCUT2D eigenvalue weighted by atomic mass is 10.2. The molecule has 2 aromatic heterocycles. The molecule has 17 heavy (non-hydrogen) atoms. The SMILES string of the molecule is O=c1ccn(-c2cccc3[nH]ncc23)c(=O)[nH]1. The van der Waals surface area contributed by atoms with Crippen LogP contribution in [-0.4, -0.2) is 19.7 Å². The quantitative estimate of drug-likeness (QED) is 0.632. The van der Waals surface area contributed by atoms with E-state index in [4.69, 9.17) is 0 Å². The molecular formula is C11H8N4O2. The first kappa shape index (κ1) is 9.59. The largest absolute Gasteiger partial charge is 0.332 e. The van der Waals surface area contributed by atoms with E-state index >= 15 is 0 Å². The number of H-pyrrole nitrogens is 2. The number of aromatic nitrogens is 4. The molecule has 0 aliphatic rings. The van der Waals surface area contributed by atoms with E-state index in [0.717, 1.165) is 10.9 Å². The van der Waals surface area contributed by atoms with Gasteiger partial charge in [0.05, 0.1) is 17.4 Å². The highest BCUT2D eigenvalue weighted by Crippen LogP contribution is 2.18. The Morgan fingerprint density at radius 2 is 2.06 bits per heavy atom. The Kier molecular flexibility index (Phi) is 1.94. The van der Waals surface area contributed by atoms with E-state index in [9.17, 15) is 9.59 Å². The molecule has 0 aliphatic heterocycles. The molecule has 0 atom stereocenters. The summed E-state index contributed by atoms with van der Waals surface area (Å²) in [5.41, 5.74) is 0.634. The van der Waals surface area contributed by atoms with Crippen molar-refractivity contribution >= 4 is 10.9 Å². The van der Waals surface area contributed by atoms with E-state index in [-0.39, 0.29) is 0 Å². The van der Waals surface area contributed by atoms with E-state index in [1.807, 2.05) is 12.1 Å². The van der Waals surface area contributed by atoms with Gasteiger partial charge in [0.25, 0.3) is 5.56 Å². The molecular weight excluding hydrogens is 220 g/mol. The van der Waals surface area contributed by atoms with Crippen LogP contribution < -0.4 is 11.2 Å². The zero-order chi connectivity index (χ0) is 11.8. The van der Waals surface area contributed by atoms with Crippen LogP contribution in [0.2, 0.25) is 0 Å². The first-order valence-corrected chi connectivity index (χ1v) is 5.00. The van der Waals surface area contributed by atoms with Gasteiger partial charge < -0.3 is 0 Å². The molecule has 6 nitrogen and oxygen atoms in total. The molecule has 0 spiro atoms. The fraction of sp³-hybridized carbons (Fsp3) is 0. The number of benzene rings is 1. The van der Waals surface area contributed by atoms with Crippen molar-refractivity contribution < 1.29 is 0 Å². The Labute approximate surface area is 94.5 Å². The van der Waals surface area contributed by atoms with E-state index in [1.165, 1.54) is 16.8 Å². The summed E-state index contributed by atoms with van der Waals surface area (Å²) in [7, 11) is 0. The molecule has 84 valence electrons. The van der Waals surface area contributed by atoms with Gasteiger partial charge >= 0.3 is 5.69 Å². The Hall–Kier alpha value is -2.63. The molecule has 0 bridgehead atoms. The van der Waals surface area contributed by atoms with Gasteiger partial charge in [-0.15, -0.1) is 0 Å². The van der Waals surface area contributed by atoms with E-state index in [0.29, 0.717) is 5.69 Å². The number of hydrogen-bond acceptors (Lipinski definition) is 3. The zero-order valence-electron chi connectivity index (χ0n) is 8.68. The molecule has 2 heterocycles.